The standard InChI is InChI=1S/C13H9ClN4O2/c14-13-15-4-3-9(17-13)5-8-7-16-12-6-10(18(19)20)1-2-11(8)12/h1-4,6-7,16H,5H2. The molecular formula is C13H9ClN4O2. The fourth-order valence-electron chi connectivity index (χ4n) is 2.10. The van der Waals surface area contributed by atoms with E-state index in [0.29, 0.717) is 6.42 Å². The first-order chi connectivity index (χ1) is 9.63. The molecule has 100 valence electrons. The van der Waals surface area contributed by atoms with Crippen LogP contribution in [0.15, 0.2) is 36.7 Å². The summed E-state index contributed by atoms with van der Waals surface area (Å²) in [4.78, 5) is 21.3. The zero-order chi connectivity index (χ0) is 14.1. The molecule has 0 saturated heterocycles. The van der Waals surface area contributed by atoms with Crippen molar-refractivity contribution in [2.24, 2.45) is 0 Å². The molecule has 0 unspecified atom stereocenters. The molecule has 0 saturated carbocycles. The molecular weight excluding hydrogens is 280 g/mol. The number of nitrogens with one attached hydrogen (secondary N) is 1. The molecule has 0 amide bonds. The van der Waals surface area contributed by atoms with Crippen LogP contribution in [-0.2, 0) is 6.42 Å². The van der Waals surface area contributed by atoms with E-state index < -0.39 is 4.92 Å². The van der Waals surface area contributed by atoms with Gasteiger partial charge in [0.25, 0.3) is 5.69 Å². The second kappa shape index (κ2) is 4.90. The van der Waals surface area contributed by atoms with Gasteiger partial charge in [-0.15, -0.1) is 0 Å². The van der Waals surface area contributed by atoms with Gasteiger partial charge in [0.15, 0.2) is 0 Å². The summed E-state index contributed by atoms with van der Waals surface area (Å²) in [7, 11) is 0. The quantitative estimate of drug-likeness (QED) is 0.456. The molecule has 1 aromatic carbocycles. The van der Waals surface area contributed by atoms with Crippen molar-refractivity contribution in [3.05, 3.63) is 63.3 Å². The average molecular weight is 289 g/mol. The average Bonchev–Trinajstić information content (AvgIpc) is 2.81. The first-order valence-electron chi connectivity index (χ1n) is 5.85. The van der Waals surface area contributed by atoms with Crippen LogP contribution in [0, 0.1) is 10.1 Å². The summed E-state index contributed by atoms with van der Waals surface area (Å²) in [5.74, 6) is 0. The third-order valence-corrected chi connectivity index (χ3v) is 3.20. The van der Waals surface area contributed by atoms with Gasteiger partial charge in [0.1, 0.15) is 0 Å². The molecule has 0 aliphatic carbocycles. The molecule has 3 rings (SSSR count). The highest BCUT2D eigenvalue weighted by molar-refractivity contribution is 6.28. The van der Waals surface area contributed by atoms with Gasteiger partial charge >= 0.3 is 0 Å². The van der Waals surface area contributed by atoms with Crippen LogP contribution in [0.2, 0.25) is 5.28 Å². The van der Waals surface area contributed by atoms with E-state index in [9.17, 15) is 10.1 Å². The van der Waals surface area contributed by atoms with Crippen LogP contribution in [0.3, 0.4) is 0 Å². The van der Waals surface area contributed by atoms with E-state index >= 15 is 0 Å². The largest absolute Gasteiger partial charge is 0.361 e. The summed E-state index contributed by atoms with van der Waals surface area (Å²) in [5, 5.41) is 11.9. The minimum absolute atomic E-state index is 0.0657. The molecule has 0 bridgehead atoms. The highest BCUT2D eigenvalue weighted by atomic mass is 35.5. The van der Waals surface area contributed by atoms with Gasteiger partial charge in [-0.2, -0.15) is 0 Å². The molecule has 2 heterocycles. The van der Waals surface area contributed by atoms with Crippen LogP contribution in [0.4, 0.5) is 5.69 Å². The number of aromatic nitrogens is 3. The van der Waals surface area contributed by atoms with Gasteiger partial charge in [-0.25, -0.2) is 9.97 Å². The number of benzene rings is 1. The summed E-state index contributed by atoms with van der Waals surface area (Å²) < 4.78 is 0. The number of nitrogens with zero attached hydrogens (tertiary/aromatic N) is 3. The molecule has 2 aromatic heterocycles. The monoisotopic (exact) mass is 288 g/mol. The smallest absolute Gasteiger partial charge is 0.271 e. The van der Waals surface area contributed by atoms with Crippen molar-refractivity contribution in [3.8, 4) is 0 Å². The number of fused-ring (bicyclic) bond motifs is 1. The predicted molar refractivity (Wildman–Crippen MR) is 74.8 cm³/mol. The molecule has 0 aliphatic heterocycles. The van der Waals surface area contributed by atoms with E-state index in [1.165, 1.54) is 12.1 Å². The minimum Gasteiger partial charge on any atom is -0.361 e. The maximum Gasteiger partial charge on any atom is 0.271 e. The molecule has 0 fully saturated rings. The first kappa shape index (κ1) is 12.6. The molecule has 0 aliphatic rings. The number of non-ortho nitro benzene ring substituents is 1. The lowest BCUT2D eigenvalue weighted by molar-refractivity contribution is -0.384. The Morgan fingerprint density at radius 1 is 1.35 bits per heavy atom. The van der Waals surface area contributed by atoms with E-state index in [1.54, 1.807) is 18.3 Å². The third-order valence-electron chi connectivity index (χ3n) is 3.02. The van der Waals surface area contributed by atoms with Crippen molar-refractivity contribution in [1.29, 1.82) is 0 Å². The first-order valence-corrected chi connectivity index (χ1v) is 6.23. The summed E-state index contributed by atoms with van der Waals surface area (Å²) in [6.07, 6.45) is 4.01. The topological polar surface area (TPSA) is 84.7 Å². The highest BCUT2D eigenvalue weighted by Gasteiger charge is 2.10. The lowest BCUT2D eigenvalue weighted by Crippen LogP contribution is -1.93. The fourth-order valence-corrected chi connectivity index (χ4v) is 2.26. The Bertz CT molecular complexity index is 800. The van der Waals surface area contributed by atoms with Crippen molar-refractivity contribution < 1.29 is 4.92 Å². The number of hydrogen-bond acceptors (Lipinski definition) is 4. The van der Waals surface area contributed by atoms with E-state index in [1.807, 2.05) is 6.20 Å². The van der Waals surface area contributed by atoms with Gasteiger partial charge < -0.3 is 4.98 Å². The summed E-state index contributed by atoms with van der Waals surface area (Å²) in [6, 6.07) is 6.54. The number of rotatable bonds is 3. The number of hydrogen-bond donors (Lipinski definition) is 1. The summed E-state index contributed by atoms with van der Waals surface area (Å²) in [5.41, 5.74) is 2.60. The second-order valence-electron chi connectivity index (χ2n) is 4.29. The zero-order valence-electron chi connectivity index (χ0n) is 10.2. The molecule has 0 atom stereocenters. The highest BCUT2D eigenvalue weighted by Crippen LogP contribution is 2.24. The number of halogens is 1. The normalized spacial score (nSPS) is 10.8. The third kappa shape index (κ3) is 2.33. The number of aromatic amines is 1. The van der Waals surface area contributed by atoms with Crippen LogP contribution >= 0.6 is 11.6 Å². The lowest BCUT2D eigenvalue weighted by atomic mass is 10.1. The Morgan fingerprint density at radius 2 is 2.20 bits per heavy atom. The Hall–Kier alpha value is -2.47. The van der Waals surface area contributed by atoms with Crippen molar-refractivity contribution >= 4 is 28.2 Å². The van der Waals surface area contributed by atoms with E-state index in [-0.39, 0.29) is 11.0 Å². The Morgan fingerprint density at radius 3 is 2.95 bits per heavy atom. The molecule has 0 spiro atoms. The van der Waals surface area contributed by atoms with Gasteiger partial charge in [0, 0.05) is 42.0 Å². The van der Waals surface area contributed by atoms with E-state index in [4.69, 9.17) is 11.6 Å². The van der Waals surface area contributed by atoms with Crippen LogP contribution in [0.5, 0.6) is 0 Å². The Labute approximate surface area is 118 Å². The predicted octanol–water partition coefficient (Wildman–Crippen LogP) is 3.11. The number of H-pyrrole nitrogens is 1. The second-order valence-corrected chi connectivity index (χ2v) is 4.63. The van der Waals surface area contributed by atoms with Crippen molar-refractivity contribution in [2.75, 3.05) is 0 Å². The lowest BCUT2D eigenvalue weighted by Gasteiger charge is -2.00. The van der Waals surface area contributed by atoms with E-state index in [0.717, 1.165) is 22.2 Å². The molecule has 3 aromatic rings. The molecule has 6 nitrogen and oxygen atoms in total. The summed E-state index contributed by atoms with van der Waals surface area (Å²) in [6.45, 7) is 0. The van der Waals surface area contributed by atoms with Gasteiger partial charge in [-0.1, -0.05) is 0 Å². The SMILES string of the molecule is O=[N+]([O-])c1ccc2c(Cc3ccnc(Cl)n3)c[nH]c2c1. The van der Waals surface area contributed by atoms with Crippen LogP contribution < -0.4 is 0 Å². The van der Waals surface area contributed by atoms with Gasteiger partial charge in [-0.3, -0.25) is 10.1 Å². The molecule has 0 radical (unpaired) electrons. The molecule has 1 N–H and O–H groups in total. The van der Waals surface area contributed by atoms with Crippen LogP contribution in [-0.4, -0.2) is 19.9 Å². The maximum absolute atomic E-state index is 10.7. The Kier molecular flexibility index (Phi) is 3.08. The molecule has 20 heavy (non-hydrogen) atoms. The minimum atomic E-state index is -0.413. The summed E-state index contributed by atoms with van der Waals surface area (Å²) >= 11 is 5.75. The van der Waals surface area contributed by atoms with Gasteiger partial charge in [0.05, 0.1) is 10.4 Å². The zero-order valence-corrected chi connectivity index (χ0v) is 11.0. The van der Waals surface area contributed by atoms with E-state index in [2.05, 4.69) is 15.0 Å². The molecule has 7 heteroatoms. The van der Waals surface area contributed by atoms with Crippen LogP contribution in [0.25, 0.3) is 10.9 Å². The van der Waals surface area contributed by atoms with Crippen molar-refractivity contribution in [2.45, 2.75) is 6.42 Å². The van der Waals surface area contributed by atoms with Gasteiger partial charge in [-0.05, 0) is 29.3 Å². The number of nitro groups is 1. The maximum atomic E-state index is 10.7. The van der Waals surface area contributed by atoms with Crippen molar-refractivity contribution in [1.82, 2.24) is 15.0 Å². The van der Waals surface area contributed by atoms with Crippen molar-refractivity contribution in [3.63, 3.8) is 0 Å². The fraction of sp³-hybridized carbons (Fsp3) is 0.0769. The Balaban J connectivity index is 1.98. The van der Waals surface area contributed by atoms with Gasteiger partial charge in [0.2, 0.25) is 5.28 Å². The number of nitro benzene ring substituents is 1. The van der Waals surface area contributed by atoms with Crippen LogP contribution in [0.1, 0.15) is 11.3 Å².